The average Bonchev–Trinajstić information content (AvgIpc) is 3.36. The zero-order valence-electron chi connectivity index (χ0n) is 24.6. The van der Waals surface area contributed by atoms with E-state index >= 15 is 0 Å². The van der Waals surface area contributed by atoms with Crippen LogP contribution >= 0.6 is 0 Å². The molecule has 0 spiro atoms. The first-order chi connectivity index (χ1) is 20.4. The van der Waals surface area contributed by atoms with Gasteiger partial charge in [-0.3, -0.25) is 4.79 Å². The lowest BCUT2D eigenvalue weighted by molar-refractivity contribution is -0.141. The van der Waals surface area contributed by atoms with E-state index in [1.54, 1.807) is 32.4 Å². The molecule has 0 aliphatic carbocycles. The van der Waals surface area contributed by atoms with Gasteiger partial charge in [0.15, 0.2) is 23.0 Å². The Hall–Kier alpha value is -4.24. The Morgan fingerprint density at radius 3 is 2.02 bits per heavy atom. The minimum atomic E-state index is -0.458. The van der Waals surface area contributed by atoms with Crippen molar-refractivity contribution in [3.8, 4) is 23.0 Å². The van der Waals surface area contributed by atoms with E-state index in [9.17, 15) is 9.59 Å². The number of nitrogens with zero attached hydrogens (tertiary/aromatic N) is 2. The van der Waals surface area contributed by atoms with Crippen molar-refractivity contribution in [3.05, 3.63) is 77.4 Å². The van der Waals surface area contributed by atoms with Crippen molar-refractivity contribution in [1.82, 2.24) is 4.90 Å². The summed E-state index contributed by atoms with van der Waals surface area (Å²) in [6, 6.07) is 18.7. The minimum Gasteiger partial charge on any atom is -0.493 e. The molecule has 9 nitrogen and oxygen atoms in total. The standard InChI is InChI=1S/C33H38N2O7/c1-34-13-15-35(16-14-34)26-9-7-24(8-10-26)32(36)42-29-12-6-23(20-31(29)40-4)18-27-25(21-41-33(27)37)17-22-5-11-28(38-2)30(19-22)39-3/h5-12,19-20,25,27H,13-18,21H2,1-4H3. The van der Waals surface area contributed by atoms with Gasteiger partial charge in [-0.2, -0.15) is 0 Å². The van der Waals surface area contributed by atoms with Gasteiger partial charge in [0, 0.05) is 37.8 Å². The van der Waals surface area contributed by atoms with Crippen LogP contribution in [0.1, 0.15) is 21.5 Å². The second-order valence-corrected chi connectivity index (χ2v) is 10.8. The Balaban J connectivity index is 1.24. The molecule has 0 N–H and O–H groups in total. The largest absolute Gasteiger partial charge is 0.493 e. The molecule has 2 fully saturated rings. The summed E-state index contributed by atoms with van der Waals surface area (Å²) in [5, 5.41) is 0. The number of piperazine rings is 1. The molecule has 0 aromatic heterocycles. The number of anilines is 1. The molecule has 3 aromatic carbocycles. The van der Waals surface area contributed by atoms with E-state index in [1.807, 2.05) is 42.5 Å². The van der Waals surface area contributed by atoms with E-state index in [0.29, 0.717) is 48.0 Å². The molecule has 9 heteroatoms. The first kappa shape index (κ1) is 29.3. The van der Waals surface area contributed by atoms with Crippen LogP contribution in [-0.4, -0.2) is 78.0 Å². The fourth-order valence-corrected chi connectivity index (χ4v) is 5.58. The van der Waals surface area contributed by atoms with E-state index in [4.69, 9.17) is 23.7 Å². The summed E-state index contributed by atoms with van der Waals surface area (Å²) < 4.78 is 27.5. The van der Waals surface area contributed by atoms with Gasteiger partial charge in [0.2, 0.25) is 0 Å². The molecule has 5 rings (SSSR count). The van der Waals surface area contributed by atoms with Gasteiger partial charge in [-0.05, 0) is 79.5 Å². The summed E-state index contributed by atoms with van der Waals surface area (Å²) in [5.41, 5.74) is 3.49. The molecule has 2 unspecified atom stereocenters. The second kappa shape index (κ2) is 13.2. The molecule has 2 saturated heterocycles. The zero-order valence-corrected chi connectivity index (χ0v) is 24.6. The number of hydrogen-bond acceptors (Lipinski definition) is 9. The van der Waals surface area contributed by atoms with E-state index in [1.165, 1.54) is 7.11 Å². The number of cyclic esters (lactones) is 1. The maximum absolute atomic E-state index is 12.9. The number of ether oxygens (including phenoxy) is 5. The SMILES string of the molecule is COc1ccc(CC2COC(=O)C2Cc2ccc(OC(=O)c3ccc(N4CCN(C)CC4)cc3)c(OC)c2)cc1OC. The van der Waals surface area contributed by atoms with Crippen molar-refractivity contribution in [2.45, 2.75) is 12.8 Å². The Bertz CT molecular complexity index is 1400. The van der Waals surface area contributed by atoms with E-state index in [2.05, 4.69) is 16.8 Å². The zero-order chi connectivity index (χ0) is 29.6. The van der Waals surface area contributed by atoms with Gasteiger partial charge in [-0.25, -0.2) is 4.79 Å². The van der Waals surface area contributed by atoms with Gasteiger partial charge in [0.1, 0.15) is 0 Å². The lowest BCUT2D eigenvalue weighted by Crippen LogP contribution is -2.44. The first-order valence-electron chi connectivity index (χ1n) is 14.2. The monoisotopic (exact) mass is 574 g/mol. The maximum atomic E-state index is 12.9. The van der Waals surface area contributed by atoms with E-state index in [0.717, 1.165) is 43.0 Å². The van der Waals surface area contributed by atoms with Crippen molar-refractivity contribution < 1.29 is 33.3 Å². The van der Waals surface area contributed by atoms with Gasteiger partial charge < -0.3 is 33.5 Å². The van der Waals surface area contributed by atoms with Crippen LogP contribution in [0.2, 0.25) is 0 Å². The van der Waals surface area contributed by atoms with Crippen LogP contribution in [0.25, 0.3) is 0 Å². The fraction of sp³-hybridized carbons (Fsp3) is 0.394. The van der Waals surface area contributed by atoms with Crippen LogP contribution in [0.5, 0.6) is 23.0 Å². The average molecular weight is 575 g/mol. The van der Waals surface area contributed by atoms with Crippen molar-refractivity contribution in [2.24, 2.45) is 11.8 Å². The highest BCUT2D eigenvalue weighted by Crippen LogP contribution is 2.35. The molecule has 0 bridgehead atoms. The number of carbonyl (C=O) groups is 2. The number of methoxy groups -OCH3 is 3. The van der Waals surface area contributed by atoms with Gasteiger partial charge in [0.25, 0.3) is 0 Å². The van der Waals surface area contributed by atoms with E-state index in [-0.39, 0.29) is 17.8 Å². The third kappa shape index (κ3) is 6.62. The number of carbonyl (C=O) groups excluding carboxylic acids is 2. The molecular formula is C33H38N2O7. The third-order valence-corrected chi connectivity index (χ3v) is 8.12. The Morgan fingerprint density at radius 1 is 0.786 bits per heavy atom. The lowest BCUT2D eigenvalue weighted by Gasteiger charge is -2.34. The minimum absolute atomic E-state index is 0.00733. The topological polar surface area (TPSA) is 86.8 Å². The Labute approximate surface area is 246 Å². The molecule has 2 aliphatic heterocycles. The molecule has 0 saturated carbocycles. The van der Waals surface area contributed by atoms with Crippen LogP contribution in [0.3, 0.4) is 0 Å². The summed E-state index contributed by atoms with van der Waals surface area (Å²) in [4.78, 5) is 30.3. The summed E-state index contributed by atoms with van der Waals surface area (Å²) in [7, 11) is 6.86. The summed E-state index contributed by atoms with van der Waals surface area (Å²) in [6.45, 7) is 4.30. The summed E-state index contributed by atoms with van der Waals surface area (Å²) in [6.07, 6.45) is 1.15. The number of hydrogen-bond donors (Lipinski definition) is 0. The van der Waals surface area contributed by atoms with Crippen LogP contribution in [0.4, 0.5) is 5.69 Å². The molecular weight excluding hydrogens is 536 g/mol. The molecule has 0 radical (unpaired) electrons. The number of esters is 2. The van der Waals surface area contributed by atoms with Crippen LogP contribution in [-0.2, 0) is 22.4 Å². The summed E-state index contributed by atoms with van der Waals surface area (Å²) in [5.74, 6) is 1.09. The van der Waals surface area contributed by atoms with Crippen molar-refractivity contribution in [3.63, 3.8) is 0 Å². The lowest BCUT2D eigenvalue weighted by atomic mass is 9.85. The highest BCUT2D eigenvalue weighted by Gasteiger charge is 2.37. The quantitative estimate of drug-likeness (QED) is 0.260. The van der Waals surface area contributed by atoms with Gasteiger partial charge in [-0.15, -0.1) is 0 Å². The van der Waals surface area contributed by atoms with Crippen LogP contribution < -0.4 is 23.8 Å². The fourth-order valence-electron chi connectivity index (χ4n) is 5.58. The molecule has 2 aliphatic rings. The Morgan fingerprint density at radius 2 is 1.38 bits per heavy atom. The van der Waals surface area contributed by atoms with Gasteiger partial charge in [0.05, 0.1) is 39.4 Å². The number of likely N-dealkylation sites (N-methyl/N-ethyl adjacent to an activating group) is 1. The van der Waals surface area contributed by atoms with Crippen LogP contribution in [0.15, 0.2) is 60.7 Å². The van der Waals surface area contributed by atoms with Crippen molar-refractivity contribution in [1.29, 1.82) is 0 Å². The van der Waals surface area contributed by atoms with E-state index < -0.39 is 5.97 Å². The molecule has 3 aromatic rings. The predicted octanol–water partition coefficient (Wildman–Crippen LogP) is 4.26. The highest BCUT2D eigenvalue weighted by atomic mass is 16.6. The molecule has 2 heterocycles. The molecule has 2 atom stereocenters. The van der Waals surface area contributed by atoms with Gasteiger partial charge >= 0.3 is 11.9 Å². The molecule has 0 amide bonds. The van der Waals surface area contributed by atoms with Gasteiger partial charge in [-0.1, -0.05) is 12.1 Å². The number of benzene rings is 3. The Kier molecular flexibility index (Phi) is 9.17. The van der Waals surface area contributed by atoms with Crippen molar-refractivity contribution in [2.75, 3.05) is 66.1 Å². The predicted molar refractivity (Wildman–Crippen MR) is 159 cm³/mol. The first-order valence-corrected chi connectivity index (χ1v) is 14.2. The third-order valence-electron chi connectivity index (χ3n) is 8.12. The summed E-state index contributed by atoms with van der Waals surface area (Å²) >= 11 is 0. The second-order valence-electron chi connectivity index (χ2n) is 10.8. The smallest absolute Gasteiger partial charge is 0.343 e. The molecule has 42 heavy (non-hydrogen) atoms. The highest BCUT2D eigenvalue weighted by molar-refractivity contribution is 5.91. The number of rotatable bonds is 10. The van der Waals surface area contributed by atoms with Crippen molar-refractivity contribution >= 4 is 17.6 Å². The normalized spacial score (nSPS) is 18.9. The van der Waals surface area contributed by atoms with Crippen LogP contribution in [0, 0.1) is 11.8 Å². The maximum Gasteiger partial charge on any atom is 0.343 e. The molecule has 222 valence electrons.